The number of likely N-dealkylation sites (N-methyl/N-ethyl adjacent to an activating group) is 4. The molecule has 2 aromatic carbocycles. The minimum atomic E-state index is -1.24. The number of aliphatic hydroxyl groups excluding tert-OH is 2. The van der Waals surface area contributed by atoms with Crippen LogP contribution in [0.4, 0.5) is 0 Å². The molecule has 14 heteroatoms. The molecular weight excluding hydrogens is 687 g/mol. The number of amides is 3. The van der Waals surface area contributed by atoms with E-state index in [4.69, 9.17) is 0 Å². The Morgan fingerprint density at radius 3 is 1.60 bits per heavy atom. The lowest BCUT2D eigenvalue weighted by Crippen LogP contribution is -2.77. The summed E-state index contributed by atoms with van der Waals surface area (Å²) in [6, 6.07) is 16.8. The summed E-state index contributed by atoms with van der Waals surface area (Å²) in [5.41, 5.74) is 5.40. The van der Waals surface area contributed by atoms with E-state index in [2.05, 4.69) is 60.4 Å². The topological polar surface area (TPSA) is 117 Å². The zero-order valence-corrected chi connectivity index (χ0v) is 31.0. The molecule has 0 unspecified atom stereocenters. The monoisotopic (exact) mass is 729 g/mol. The predicted molar refractivity (Wildman–Crippen MR) is 196 cm³/mol. The second-order valence-electron chi connectivity index (χ2n) is 13.0. The van der Waals surface area contributed by atoms with Gasteiger partial charge in [0, 0.05) is 53.3 Å². The number of rotatable bonds is 13. The summed E-state index contributed by atoms with van der Waals surface area (Å²) in [4.78, 5) is 42.3. The van der Waals surface area contributed by atoms with Crippen molar-refractivity contribution in [2.45, 2.75) is 58.1 Å². The number of nitrogens with one attached hydrogen (secondary N) is 1. The molecule has 3 amide bonds. The van der Waals surface area contributed by atoms with Crippen molar-refractivity contribution in [3.05, 3.63) is 83.1 Å². The van der Waals surface area contributed by atoms with Gasteiger partial charge in [0.25, 0.3) is 17.7 Å². The minimum absolute atomic E-state index is 0.0865. The molecule has 0 saturated carbocycles. The van der Waals surface area contributed by atoms with E-state index in [1.54, 1.807) is 29.8 Å². The van der Waals surface area contributed by atoms with Gasteiger partial charge in [-0.05, 0) is 58.9 Å². The average Bonchev–Trinajstić information content (AvgIpc) is 3.10. The van der Waals surface area contributed by atoms with Crippen LogP contribution in [0.5, 0.6) is 0 Å². The fraction of sp³-hybridized carbons (Fsp3) is 0.500. The molecule has 6 saturated heterocycles. The molecule has 0 spiro atoms. The third-order valence-corrected chi connectivity index (χ3v) is 17.8. The van der Waals surface area contributed by atoms with Crippen molar-refractivity contribution < 1.29 is 24.6 Å². The number of fused-ring (bicyclic) bond motifs is 6. The van der Waals surface area contributed by atoms with Crippen LogP contribution in [-0.4, -0.2) is 115 Å². The van der Waals surface area contributed by atoms with Crippen molar-refractivity contribution in [2.75, 3.05) is 47.9 Å². The molecule has 6 fully saturated rings. The summed E-state index contributed by atoms with van der Waals surface area (Å²) in [5.74, 6) is -0.472. The number of hydrogen-bond donors (Lipinski definition) is 3. The maximum absolute atomic E-state index is 13.3. The Kier molecular flexibility index (Phi) is 9.92. The van der Waals surface area contributed by atoms with Crippen molar-refractivity contribution in [2.24, 2.45) is 0 Å². The van der Waals surface area contributed by atoms with Crippen LogP contribution in [0.15, 0.2) is 60.8 Å². The molecule has 0 aliphatic carbocycles. The van der Waals surface area contributed by atoms with Crippen LogP contribution in [0.2, 0.25) is 0 Å². The van der Waals surface area contributed by atoms with Gasteiger partial charge < -0.3 is 35.1 Å². The highest BCUT2D eigenvalue weighted by atomic mass is 33.1. The predicted octanol–water partition coefficient (Wildman–Crippen LogP) is 3.29. The molecule has 48 heavy (non-hydrogen) atoms. The summed E-state index contributed by atoms with van der Waals surface area (Å²) in [7, 11) is 12.6. The molecule has 4 atom stereocenters. The fourth-order valence-electron chi connectivity index (χ4n) is 6.87. The zero-order valence-electron chi connectivity index (χ0n) is 27.7. The van der Waals surface area contributed by atoms with Crippen LogP contribution >= 0.6 is 43.2 Å². The SMILES string of the molecule is C=C1N(C)[C@@]2(CO)SS[C@]1(Cc1ccc(CNCCCCc3ccc(C[C@@]45SS[C@@](CO)(C(=O)N4C)N(C)C5=O)cc3)cc1)N(C)C2=O. The smallest absolute Gasteiger partial charge is 0.263 e. The van der Waals surface area contributed by atoms with Crippen molar-refractivity contribution >= 4 is 60.9 Å². The molecule has 3 N–H and O–H groups in total. The number of benzene rings is 2. The number of hydrogen-bond acceptors (Lipinski definition) is 11. The summed E-state index contributed by atoms with van der Waals surface area (Å²) in [6.45, 7) is 5.34. The van der Waals surface area contributed by atoms with Gasteiger partial charge in [-0.1, -0.05) is 87.5 Å². The van der Waals surface area contributed by atoms with Crippen LogP contribution < -0.4 is 5.32 Å². The maximum atomic E-state index is 13.3. The second kappa shape index (κ2) is 13.4. The van der Waals surface area contributed by atoms with Gasteiger partial charge in [-0.15, -0.1) is 0 Å². The number of unbranched alkanes of at least 4 members (excludes halogenated alkanes) is 1. The standard InChI is InChI=1S/C34H43N5O5S4/c1-23-31(37(3)29(43)33(21-40,36(23)2)47-45-31)18-25-13-15-27(16-14-25)20-35-17-7-6-8-24-9-11-26(12-10-24)19-32-28(42)39(5)34(22-41,48-46-32)30(44)38(32)4/h9-16,35,40-41H,1,6-8,17-22H2,2-5H3/t31-,32-,33-,34-/m0/s1. The first-order chi connectivity index (χ1) is 22.9. The van der Waals surface area contributed by atoms with Crippen molar-refractivity contribution in [3.8, 4) is 0 Å². The lowest BCUT2D eigenvalue weighted by Gasteiger charge is -2.61. The summed E-state index contributed by atoms with van der Waals surface area (Å²) in [5, 5.41) is 23.5. The number of carbonyl (C=O) groups is 3. The van der Waals surface area contributed by atoms with E-state index in [1.165, 1.54) is 53.3 Å². The van der Waals surface area contributed by atoms with Gasteiger partial charge >= 0.3 is 0 Å². The lowest BCUT2D eigenvalue weighted by atomic mass is 9.95. The first-order valence-corrected chi connectivity index (χ1v) is 20.3. The van der Waals surface area contributed by atoms with Crippen LogP contribution in [0.3, 0.4) is 0 Å². The number of aliphatic hydroxyl groups is 2. The van der Waals surface area contributed by atoms with Gasteiger partial charge in [0.05, 0.1) is 13.2 Å². The zero-order chi connectivity index (χ0) is 34.5. The molecule has 10 nitrogen and oxygen atoms in total. The quantitative estimate of drug-likeness (QED) is 0.209. The first kappa shape index (κ1) is 35.5. The van der Waals surface area contributed by atoms with Gasteiger partial charge in [0.15, 0.2) is 9.74 Å². The van der Waals surface area contributed by atoms with Crippen molar-refractivity contribution in [1.82, 2.24) is 24.9 Å². The van der Waals surface area contributed by atoms with Crippen LogP contribution in [0.25, 0.3) is 0 Å². The van der Waals surface area contributed by atoms with Gasteiger partial charge in [0.1, 0.15) is 4.87 Å². The normalized spacial score (nSPS) is 29.9. The van der Waals surface area contributed by atoms with Crippen LogP contribution in [0, 0.1) is 0 Å². The van der Waals surface area contributed by atoms with Crippen molar-refractivity contribution in [3.63, 3.8) is 0 Å². The highest BCUT2D eigenvalue weighted by Crippen LogP contribution is 2.62. The van der Waals surface area contributed by atoms with E-state index in [0.29, 0.717) is 12.8 Å². The molecule has 2 aromatic rings. The van der Waals surface area contributed by atoms with E-state index in [9.17, 15) is 24.6 Å². The Hall–Kier alpha value is -2.33. The molecule has 0 radical (unpaired) electrons. The fourth-order valence-corrected chi connectivity index (χ4v) is 14.2. The third kappa shape index (κ3) is 5.46. The Bertz CT molecular complexity index is 1480. The summed E-state index contributed by atoms with van der Waals surface area (Å²) >= 11 is 0. The van der Waals surface area contributed by atoms with E-state index in [-0.39, 0.29) is 24.3 Å². The van der Waals surface area contributed by atoms with Gasteiger partial charge in [-0.2, -0.15) is 0 Å². The highest BCUT2D eigenvalue weighted by Gasteiger charge is 2.67. The summed E-state index contributed by atoms with van der Waals surface area (Å²) in [6.07, 6.45) is 4.10. The van der Waals surface area contributed by atoms with Gasteiger partial charge in [-0.3, -0.25) is 14.4 Å². The van der Waals surface area contributed by atoms with E-state index >= 15 is 0 Å². The number of carbonyl (C=O) groups excluding carboxylic acids is 3. The molecule has 0 aromatic heterocycles. The van der Waals surface area contributed by atoms with E-state index < -0.39 is 26.1 Å². The van der Waals surface area contributed by atoms with Crippen LogP contribution in [0.1, 0.15) is 35.1 Å². The second-order valence-corrected chi connectivity index (χ2v) is 18.4. The van der Waals surface area contributed by atoms with Gasteiger partial charge in [0.2, 0.25) is 4.87 Å². The molecule has 6 aliphatic rings. The Morgan fingerprint density at radius 2 is 1.02 bits per heavy atom. The third-order valence-electron chi connectivity index (χ3n) is 10.3. The van der Waals surface area contributed by atoms with E-state index in [1.807, 2.05) is 19.0 Å². The van der Waals surface area contributed by atoms with Crippen molar-refractivity contribution in [1.29, 1.82) is 0 Å². The molecular formula is C34H43N5O5S4. The summed E-state index contributed by atoms with van der Waals surface area (Å²) < 4.78 is 0. The molecule has 258 valence electrons. The number of aryl methyl sites for hydroxylation is 1. The molecule has 6 heterocycles. The molecule has 8 rings (SSSR count). The highest BCUT2D eigenvalue weighted by molar-refractivity contribution is 8.78. The van der Waals surface area contributed by atoms with E-state index in [0.717, 1.165) is 49.2 Å². The maximum Gasteiger partial charge on any atom is 0.263 e. The Morgan fingerprint density at radius 1 is 0.604 bits per heavy atom. The first-order valence-electron chi connectivity index (χ1n) is 16.0. The van der Waals surface area contributed by atoms with Gasteiger partial charge in [-0.25, -0.2) is 0 Å². The molecule has 4 bridgehead atoms. The number of nitrogens with zero attached hydrogens (tertiary/aromatic N) is 4. The average molecular weight is 730 g/mol. The number of piperazine rings is 2. The Balaban J connectivity index is 0.942. The minimum Gasteiger partial charge on any atom is -0.392 e. The van der Waals surface area contributed by atoms with Crippen LogP contribution in [-0.2, 0) is 40.2 Å². The molecule has 6 aliphatic heterocycles. The lowest BCUT2D eigenvalue weighted by molar-refractivity contribution is -0.165. The largest absolute Gasteiger partial charge is 0.392 e. The Labute approximate surface area is 298 Å².